The fourth-order valence-electron chi connectivity index (χ4n) is 3.66. The van der Waals surface area contributed by atoms with Gasteiger partial charge in [-0.25, -0.2) is 0 Å². The first kappa shape index (κ1) is 20.5. The van der Waals surface area contributed by atoms with E-state index in [1.807, 2.05) is 17.7 Å². The molecule has 4 bridgehead atoms. The maximum Gasteiger partial charge on any atom is -1.00 e. The molecule has 3 rings (SSSR count). The molecule has 0 unspecified atom stereocenters. The number of halogens is 2. The van der Waals surface area contributed by atoms with Crippen LogP contribution in [0.2, 0.25) is 0 Å². The Morgan fingerprint density at radius 1 is 0.818 bits per heavy atom. The summed E-state index contributed by atoms with van der Waals surface area (Å²) in [4.78, 5) is 0. The quantitative estimate of drug-likeness (QED) is 0.573. The summed E-state index contributed by atoms with van der Waals surface area (Å²) in [5.41, 5.74) is 7.07. The second-order valence-electron chi connectivity index (χ2n) is 6.29. The first-order chi connectivity index (χ1) is 9.83. The molecule has 3 aliphatic rings. The SMILES string of the molecule is CCCCC1=[C]2CC=C1CC1=CC[C](=C1CCCC)[Zr+2]2.[Cl-].[Cl-]. The van der Waals surface area contributed by atoms with Gasteiger partial charge in [0.1, 0.15) is 0 Å². The van der Waals surface area contributed by atoms with Crippen LogP contribution in [0, 0.1) is 0 Å². The average Bonchev–Trinajstić information content (AvgIpc) is 3.03. The smallest absolute Gasteiger partial charge is 1.00 e. The van der Waals surface area contributed by atoms with Gasteiger partial charge in [0.05, 0.1) is 0 Å². The van der Waals surface area contributed by atoms with E-state index in [1.54, 1.807) is 11.1 Å². The molecule has 0 saturated carbocycles. The van der Waals surface area contributed by atoms with E-state index in [4.69, 9.17) is 0 Å². The molecular weight excluding hydrogens is 390 g/mol. The van der Waals surface area contributed by atoms with Crippen molar-refractivity contribution in [3.63, 3.8) is 0 Å². The molecule has 2 aliphatic carbocycles. The Balaban J connectivity index is 0.00000121. The molecule has 0 aromatic heterocycles. The minimum absolute atomic E-state index is 0. The van der Waals surface area contributed by atoms with Crippen molar-refractivity contribution in [2.45, 2.75) is 71.6 Å². The summed E-state index contributed by atoms with van der Waals surface area (Å²) in [5, 5.41) is 0. The number of allylic oxidation sites excluding steroid dienone is 8. The first-order valence-electron chi connectivity index (χ1n) is 8.43. The van der Waals surface area contributed by atoms with Gasteiger partial charge >= 0.3 is 136 Å². The predicted molar refractivity (Wildman–Crippen MR) is 83.1 cm³/mol. The van der Waals surface area contributed by atoms with E-state index in [0.29, 0.717) is 0 Å². The standard InChI is InChI=1S/C19H26.2ClH.Zr/c1-3-5-9-16-11-7-13-18(16)15-19-14-8-12-17(19)10-6-4-2;;;/h13-14H,3-10,15H2,1-2H3;2*1H;/q;;;+2/p-2. The average molecular weight is 417 g/mol. The zero-order valence-corrected chi connectivity index (χ0v) is 17.7. The van der Waals surface area contributed by atoms with Crippen LogP contribution in [0.1, 0.15) is 71.6 Å². The van der Waals surface area contributed by atoms with E-state index >= 15 is 0 Å². The molecule has 1 aliphatic heterocycles. The Bertz CT molecular complexity index is 478. The molecule has 0 nitrogen and oxygen atoms in total. The van der Waals surface area contributed by atoms with Crippen molar-refractivity contribution in [1.82, 2.24) is 0 Å². The Hall–Kier alpha value is 0.423. The van der Waals surface area contributed by atoms with Crippen molar-refractivity contribution in [1.29, 1.82) is 0 Å². The van der Waals surface area contributed by atoms with Gasteiger partial charge in [-0.1, -0.05) is 0 Å². The van der Waals surface area contributed by atoms with Crippen LogP contribution in [0.4, 0.5) is 0 Å². The van der Waals surface area contributed by atoms with Crippen LogP contribution in [0.25, 0.3) is 0 Å². The van der Waals surface area contributed by atoms with Gasteiger partial charge in [-0.15, -0.1) is 0 Å². The number of fused-ring (bicyclic) bond motifs is 2. The van der Waals surface area contributed by atoms with Crippen LogP contribution in [0.15, 0.2) is 41.0 Å². The molecule has 0 saturated heterocycles. The Kier molecular flexibility index (Phi) is 8.98. The number of hydrogen-bond donors (Lipinski definition) is 0. The minimum atomic E-state index is -0.448. The van der Waals surface area contributed by atoms with E-state index in [1.165, 1.54) is 57.8 Å². The van der Waals surface area contributed by atoms with E-state index < -0.39 is 23.2 Å². The summed E-state index contributed by atoms with van der Waals surface area (Å²) in [5.74, 6) is 0. The van der Waals surface area contributed by atoms with Crippen molar-refractivity contribution < 1.29 is 48.0 Å². The largest absolute Gasteiger partial charge is 1.00 e. The molecule has 0 amide bonds. The molecule has 0 radical (unpaired) electrons. The number of unbranched alkanes of at least 4 members (excludes halogenated alkanes) is 2. The molecule has 0 aromatic rings. The predicted octanol–water partition coefficient (Wildman–Crippen LogP) is 0.0294. The fraction of sp³-hybridized carbons (Fsp3) is 0.579. The van der Waals surface area contributed by atoms with E-state index in [9.17, 15) is 0 Å². The normalized spacial score (nSPS) is 18.5. The van der Waals surface area contributed by atoms with Gasteiger partial charge in [0.25, 0.3) is 0 Å². The molecule has 0 N–H and O–H groups in total. The Morgan fingerprint density at radius 3 is 1.68 bits per heavy atom. The van der Waals surface area contributed by atoms with Crippen molar-refractivity contribution in [3.05, 3.63) is 41.0 Å². The van der Waals surface area contributed by atoms with Crippen LogP contribution in [0.5, 0.6) is 0 Å². The maximum atomic E-state index is 2.57. The Labute approximate surface area is 160 Å². The Morgan fingerprint density at radius 2 is 1.27 bits per heavy atom. The summed E-state index contributed by atoms with van der Waals surface area (Å²) in [7, 11) is 0. The van der Waals surface area contributed by atoms with Gasteiger partial charge in [0.2, 0.25) is 0 Å². The molecule has 120 valence electrons. The van der Waals surface area contributed by atoms with Crippen molar-refractivity contribution in [2.75, 3.05) is 0 Å². The number of rotatable bonds is 6. The van der Waals surface area contributed by atoms with Crippen LogP contribution < -0.4 is 24.8 Å². The third-order valence-electron chi connectivity index (χ3n) is 4.85. The molecular formula is C19H26Cl2Zr. The van der Waals surface area contributed by atoms with Gasteiger partial charge in [0.15, 0.2) is 0 Å². The maximum absolute atomic E-state index is 2.57. The van der Waals surface area contributed by atoms with E-state index in [-0.39, 0.29) is 24.8 Å². The molecule has 3 heteroatoms. The topological polar surface area (TPSA) is 0 Å². The zero-order chi connectivity index (χ0) is 13.9. The second-order valence-corrected chi connectivity index (χ2v) is 9.87. The molecule has 1 heterocycles. The van der Waals surface area contributed by atoms with Crippen LogP contribution in [-0.2, 0) is 23.2 Å². The molecule has 0 atom stereocenters. The fourth-order valence-corrected chi connectivity index (χ4v) is 7.70. The van der Waals surface area contributed by atoms with Crippen LogP contribution >= 0.6 is 0 Å². The van der Waals surface area contributed by atoms with E-state index in [2.05, 4.69) is 26.0 Å². The molecule has 22 heavy (non-hydrogen) atoms. The summed E-state index contributed by atoms with van der Waals surface area (Å²) < 4.78 is 3.85. The third-order valence-corrected chi connectivity index (χ3v) is 8.82. The summed E-state index contributed by atoms with van der Waals surface area (Å²) in [6, 6.07) is 0. The first-order valence-corrected chi connectivity index (χ1v) is 10.9. The van der Waals surface area contributed by atoms with Crippen LogP contribution in [0.3, 0.4) is 0 Å². The van der Waals surface area contributed by atoms with Gasteiger partial charge in [-0.3, -0.25) is 0 Å². The van der Waals surface area contributed by atoms with Crippen molar-refractivity contribution >= 4 is 0 Å². The van der Waals surface area contributed by atoms with Crippen LogP contribution in [-0.4, -0.2) is 0 Å². The van der Waals surface area contributed by atoms with Crippen molar-refractivity contribution in [3.8, 4) is 0 Å². The molecule has 0 fully saturated rings. The van der Waals surface area contributed by atoms with Crippen molar-refractivity contribution in [2.24, 2.45) is 0 Å². The second kappa shape index (κ2) is 9.65. The minimum Gasteiger partial charge on any atom is -1.00 e. The van der Waals surface area contributed by atoms with Gasteiger partial charge < -0.3 is 24.8 Å². The van der Waals surface area contributed by atoms with Gasteiger partial charge in [-0.2, -0.15) is 0 Å². The summed E-state index contributed by atoms with van der Waals surface area (Å²) in [6.07, 6.45) is 17.2. The molecule has 0 spiro atoms. The molecule has 0 aromatic carbocycles. The third kappa shape index (κ3) is 4.28. The van der Waals surface area contributed by atoms with E-state index in [0.717, 1.165) is 0 Å². The van der Waals surface area contributed by atoms with Gasteiger partial charge in [-0.05, 0) is 0 Å². The number of hydrogen-bond acceptors (Lipinski definition) is 0. The zero-order valence-electron chi connectivity index (χ0n) is 13.8. The summed E-state index contributed by atoms with van der Waals surface area (Å²) >= 11 is -0.448. The van der Waals surface area contributed by atoms with Gasteiger partial charge in [0, 0.05) is 0 Å². The summed E-state index contributed by atoms with van der Waals surface area (Å²) in [6.45, 7) is 4.64. The monoisotopic (exact) mass is 414 g/mol.